The lowest BCUT2D eigenvalue weighted by Crippen LogP contribution is -2.40. The van der Waals surface area contributed by atoms with Crippen LogP contribution in [0.15, 0.2) is 53.1 Å². The Balaban J connectivity index is 1.03. The third kappa shape index (κ3) is 4.81. The SMILES string of the molecule is Cc1cnc(-c2cc3c(OC[C@@H](O)CN4CCC(c5ccc6c(c5)OCC6)CC4)cccc3s2)o1. The Hall–Kier alpha value is -2.87. The Labute approximate surface area is 209 Å². The fourth-order valence-electron chi connectivity index (χ4n) is 5.16. The molecule has 0 spiro atoms. The van der Waals surface area contributed by atoms with E-state index in [1.807, 2.05) is 19.1 Å². The minimum absolute atomic E-state index is 0.268. The zero-order valence-electron chi connectivity index (χ0n) is 19.9. The van der Waals surface area contributed by atoms with Crippen LogP contribution < -0.4 is 9.47 Å². The molecule has 35 heavy (non-hydrogen) atoms. The number of hydrogen-bond acceptors (Lipinski definition) is 7. The molecule has 182 valence electrons. The molecule has 0 aliphatic carbocycles. The molecule has 2 aromatic heterocycles. The first-order valence-electron chi connectivity index (χ1n) is 12.4. The molecule has 0 amide bonds. The standard InChI is InChI=1S/C28H30N2O4S/c1-18-15-29-28(34-18)27-14-23-24(3-2-4-26(23)35-27)33-17-22(31)16-30-10-7-19(8-11-30)21-6-5-20-9-12-32-25(20)13-21/h2-6,13-15,19,22,31H,7-12,16-17H2,1H3/t22-/m0/s1. The largest absolute Gasteiger partial charge is 0.493 e. The summed E-state index contributed by atoms with van der Waals surface area (Å²) < 4.78 is 18.6. The molecule has 0 bridgehead atoms. The number of β-amino-alcohol motifs (C(OH)–C–C–N with tert-alkyl or cyclic N) is 1. The first kappa shape index (κ1) is 22.6. The van der Waals surface area contributed by atoms with E-state index in [0.717, 1.165) is 71.2 Å². The summed E-state index contributed by atoms with van der Waals surface area (Å²) in [4.78, 5) is 7.67. The van der Waals surface area contributed by atoms with Gasteiger partial charge in [0.25, 0.3) is 0 Å². The van der Waals surface area contributed by atoms with Crippen molar-refractivity contribution in [3.05, 3.63) is 65.5 Å². The molecule has 6 nitrogen and oxygen atoms in total. The van der Waals surface area contributed by atoms with Crippen LogP contribution in [0, 0.1) is 6.92 Å². The van der Waals surface area contributed by atoms with E-state index >= 15 is 0 Å². The molecule has 1 N–H and O–H groups in total. The van der Waals surface area contributed by atoms with Crippen molar-refractivity contribution in [2.75, 3.05) is 32.8 Å². The second-order valence-electron chi connectivity index (χ2n) is 9.56. The Kier molecular flexibility index (Phi) is 6.22. The molecule has 1 fully saturated rings. The highest BCUT2D eigenvalue weighted by Crippen LogP contribution is 2.38. The van der Waals surface area contributed by atoms with Crippen molar-refractivity contribution < 1.29 is 19.0 Å². The predicted molar refractivity (Wildman–Crippen MR) is 138 cm³/mol. The van der Waals surface area contributed by atoms with Crippen LogP contribution in [0.4, 0.5) is 0 Å². The number of likely N-dealkylation sites (tertiary alicyclic amines) is 1. The number of aryl methyl sites for hydroxylation is 1. The van der Waals surface area contributed by atoms with Gasteiger partial charge in [0.1, 0.15) is 30.0 Å². The average Bonchev–Trinajstić information content (AvgIpc) is 3.62. The number of hydrogen-bond donors (Lipinski definition) is 1. The highest BCUT2D eigenvalue weighted by molar-refractivity contribution is 7.22. The van der Waals surface area contributed by atoms with Crippen LogP contribution in [-0.2, 0) is 6.42 Å². The maximum absolute atomic E-state index is 10.7. The minimum Gasteiger partial charge on any atom is -0.493 e. The predicted octanol–water partition coefficient (Wildman–Crippen LogP) is 5.42. The monoisotopic (exact) mass is 490 g/mol. The van der Waals surface area contributed by atoms with Crippen molar-refractivity contribution >= 4 is 21.4 Å². The van der Waals surface area contributed by atoms with E-state index in [2.05, 4.69) is 40.2 Å². The van der Waals surface area contributed by atoms with Gasteiger partial charge in [-0.25, -0.2) is 4.98 Å². The van der Waals surface area contributed by atoms with Gasteiger partial charge in [-0.15, -0.1) is 11.3 Å². The molecule has 2 aliphatic heterocycles. The molecule has 2 aromatic carbocycles. The van der Waals surface area contributed by atoms with E-state index < -0.39 is 6.10 Å². The highest BCUT2D eigenvalue weighted by Gasteiger charge is 2.24. The summed E-state index contributed by atoms with van der Waals surface area (Å²) in [7, 11) is 0. The fraction of sp³-hybridized carbons (Fsp3) is 0.393. The molecule has 7 heteroatoms. The van der Waals surface area contributed by atoms with Crippen molar-refractivity contribution in [1.29, 1.82) is 0 Å². The minimum atomic E-state index is -0.539. The van der Waals surface area contributed by atoms with Crippen molar-refractivity contribution in [1.82, 2.24) is 9.88 Å². The Morgan fingerprint density at radius 2 is 2.09 bits per heavy atom. The molecule has 1 saturated heterocycles. The lowest BCUT2D eigenvalue weighted by Gasteiger charge is -2.33. The molecule has 4 aromatic rings. The summed E-state index contributed by atoms with van der Waals surface area (Å²) in [6.07, 6.45) is 4.42. The van der Waals surface area contributed by atoms with Gasteiger partial charge in [-0.2, -0.15) is 0 Å². The molecular weight excluding hydrogens is 460 g/mol. The van der Waals surface area contributed by atoms with Crippen LogP contribution in [0.5, 0.6) is 11.5 Å². The molecule has 2 aliphatic rings. The number of rotatable bonds is 7. The van der Waals surface area contributed by atoms with Gasteiger partial charge in [0.05, 0.1) is 17.7 Å². The van der Waals surface area contributed by atoms with Crippen molar-refractivity contribution in [3.8, 4) is 22.3 Å². The van der Waals surface area contributed by atoms with Crippen LogP contribution in [0.3, 0.4) is 0 Å². The molecule has 6 rings (SSSR count). The van der Waals surface area contributed by atoms with Crippen molar-refractivity contribution in [3.63, 3.8) is 0 Å². The normalized spacial score (nSPS) is 17.4. The van der Waals surface area contributed by atoms with E-state index in [-0.39, 0.29) is 6.61 Å². The van der Waals surface area contributed by atoms with Crippen molar-refractivity contribution in [2.24, 2.45) is 0 Å². The number of aromatic nitrogens is 1. The van der Waals surface area contributed by atoms with Crippen molar-refractivity contribution in [2.45, 2.75) is 38.2 Å². The Morgan fingerprint density at radius 1 is 1.20 bits per heavy atom. The van der Waals surface area contributed by atoms with E-state index in [0.29, 0.717) is 18.4 Å². The van der Waals surface area contributed by atoms with Gasteiger partial charge in [-0.3, -0.25) is 0 Å². The zero-order valence-corrected chi connectivity index (χ0v) is 20.7. The maximum atomic E-state index is 10.7. The number of thiophene rings is 1. The molecule has 0 radical (unpaired) electrons. The number of benzene rings is 2. The summed E-state index contributed by atoms with van der Waals surface area (Å²) >= 11 is 1.63. The molecule has 1 atom stereocenters. The van der Waals surface area contributed by atoms with Gasteiger partial charge >= 0.3 is 0 Å². The Morgan fingerprint density at radius 3 is 2.91 bits per heavy atom. The summed E-state index contributed by atoms with van der Waals surface area (Å²) in [5, 5.41) is 11.7. The summed E-state index contributed by atoms with van der Waals surface area (Å²) in [5.74, 6) is 3.84. The summed E-state index contributed by atoms with van der Waals surface area (Å²) in [6.45, 7) is 5.56. The van der Waals surface area contributed by atoms with E-state index in [1.165, 1.54) is 11.1 Å². The number of aliphatic hydroxyl groups excluding tert-OH is 1. The number of fused-ring (bicyclic) bond motifs is 2. The van der Waals surface area contributed by atoms with Gasteiger partial charge < -0.3 is 23.9 Å². The number of piperidine rings is 1. The first-order valence-corrected chi connectivity index (χ1v) is 13.2. The number of aliphatic hydroxyl groups is 1. The van der Waals surface area contributed by atoms with Gasteiger partial charge in [-0.05, 0) is 74.2 Å². The van der Waals surface area contributed by atoms with Gasteiger partial charge in [0.2, 0.25) is 5.89 Å². The molecular formula is C28H30N2O4S. The second kappa shape index (κ2) is 9.64. The van der Waals surface area contributed by atoms with Crippen LogP contribution in [0.2, 0.25) is 0 Å². The van der Waals surface area contributed by atoms with E-state index in [1.54, 1.807) is 17.5 Å². The summed E-state index contributed by atoms with van der Waals surface area (Å²) in [5.41, 5.74) is 2.72. The van der Waals surface area contributed by atoms with Crippen LogP contribution in [-0.4, -0.2) is 53.9 Å². The third-order valence-electron chi connectivity index (χ3n) is 7.03. The Bertz CT molecular complexity index is 1320. The zero-order chi connectivity index (χ0) is 23.8. The lowest BCUT2D eigenvalue weighted by atomic mass is 9.88. The first-order chi connectivity index (χ1) is 17.1. The van der Waals surface area contributed by atoms with Gasteiger partial charge in [0, 0.05) is 23.1 Å². The molecule has 0 saturated carbocycles. The number of ether oxygens (including phenoxy) is 2. The van der Waals surface area contributed by atoms with Crippen LogP contribution in [0.25, 0.3) is 20.9 Å². The van der Waals surface area contributed by atoms with E-state index in [4.69, 9.17) is 13.9 Å². The maximum Gasteiger partial charge on any atom is 0.236 e. The lowest BCUT2D eigenvalue weighted by molar-refractivity contribution is 0.0599. The molecule has 0 unspecified atom stereocenters. The molecule has 4 heterocycles. The van der Waals surface area contributed by atoms with Gasteiger partial charge in [0.15, 0.2) is 0 Å². The quantitative estimate of drug-likeness (QED) is 0.373. The van der Waals surface area contributed by atoms with Gasteiger partial charge in [-0.1, -0.05) is 18.2 Å². The third-order valence-corrected chi connectivity index (χ3v) is 8.12. The average molecular weight is 491 g/mol. The fourth-order valence-corrected chi connectivity index (χ4v) is 6.17. The van der Waals surface area contributed by atoms with Crippen LogP contribution in [0.1, 0.15) is 35.6 Å². The number of oxazole rings is 1. The number of nitrogens with zero attached hydrogens (tertiary/aromatic N) is 2. The highest BCUT2D eigenvalue weighted by atomic mass is 32.1. The smallest absolute Gasteiger partial charge is 0.236 e. The second-order valence-corrected chi connectivity index (χ2v) is 10.6. The summed E-state index contributed by atoms with van der Waals surface area (Å²) in [6, 6.07) is 14.8. The van der Waals surface area contributed by atoms with E-state index in [9.17, 15) is 5.11 Å². The van der Waals surface area contributed by atoms with Crippen LogP contribution >= 0.6 is 11.3 Å². The topological polar surface area (TPSA) is 68.0 Å².